The van der Waals surface area contributed by atoms with Crippen molar-refractivity contribution in [1.29, 1.82) is 0 Å². The number of aryl methyl sites for hydroxylation is 1. The molecule has 7 nitrogen and oxygen atoms in total. The summed E-state index contributed by atoms with van der Waals surface area (Å²) in [6.45, 7) is 1.57. The first kappa shape index (κ1) is 13.4. The van der Waals surface area contributed by atoms with E-state index in [0.717, 1.165) is 0 Å². The SMILES string of the molecule is Cc1cccc([N+](=O)[O-])c1C(=O)N1CC(O)C(O)C1. The third-order valence-electron chi connectivity index (χ3n) is 3.21. The molecule has 2 N–H and O–H groups in total. The maximum atomic E-state index is 12.3. The van der Waals surface area contributed by atoms with Crippen LogP contribution in [0.1, 0.15) is 15.9 Å². The molecule has 1 aromatic rings. The molecule has 1 aromatic carbocycles. The van der Waals surface area contributed by atoms with Crippen molar-refractivity contribution < 1.29 is 19.9 Å². The Hall–Kier alpha value is -1.99. The van der Waals surface area contributed by atoms with Gasteiger partial charge in [-0.25, -0.2) is 0 Å². The summed E-state index contributed by atoms with van der Waals surface area (Å²) >= 11 is 0. The molecule has 0 saturated carbocycles. The van der Waals surface area contributed by atoms with Crippen LogP contribution in [-0.4, -0.2) is 51.2 Å². The van der Waals surface area contributed by atoms with Crippen molar-refractivity contribution in [3.8, 4) is 0 Å². The van der Waals surface area contributed by atoms with Crippen LogP contribution in [0.5, 0.6) is 0 Å². The molecule has 0 aliphatic carbocycles. The molecular weight excluding hydrogens is 252 g/mol. The maximum absolute atomic E-state index is 12.3. The van der Waals surface area contributed by atoms with E-state index in [4.69, 9.17) is 0 Å². The molecule has 0 aromatic heterocycles. The number of nitro benzene ring substituents is 1. The number of nitro groups is 1. The van der Waals surface area contributed by atoms with Crippen LogP contribution in [-0.2, 0) is 0 Å². The molecule has 1 heterocycles. The van der Waals surface area contributed by atoms with E-state index in [9.17, 15) is 25.1 Å². The highest BCUT2D eigenvalue weighted by molar-refractivity contribution is 5.99. The van der Waals surface area contributed by atoms with Gasteiger partial charge in [0.2, 0.25) is 0 Å². The van der Waals surface area contributed by atoms with Gasteiger partial charge in [-0.05, 0) is 12.5 Å². The topological polar surface area (TPSA) is 104 Å². The Bertz CT molecular complexity index is 521. The first-order valence-corrected chi connectivity index (χ1v) is 5.81. The molecule has 2 rings (SSSR count). The lowest BCUT2D eigenvalue weighted by Crippen LogP contribution is -2.31. The molecular formula is C12H14N2O5. The van der Waals surface area contributed by atoms with E-state index in [2.05, 4.69) is 0 Å². The zero-order valence-corrected chi connectivity index (χ0v) is 10.3. The van der Waals surface area contributed by atoms with Crippen LogP contribution < -0.4 is 0 Å². The van der Waals surface area contributed by atoms with E-state index in [1.807, 2.05) is 0 Å². The van der Waals surface area contributed by atoms with E-state index < -0.39 is 23.0 Å². The lowest BCUT2D eigenvalue weighted by Gasteiger charge is -2.16. The summed E-state index contributed by atoms with van der Waals surface area (Å²) in [6, 6.07) is 4.39. The Morgan fingerprint density at radius 1 is 1.37 bits per heavy atom. The number of carbonyl (C=O) groups excluding carboxylic acids is 1. The number of nitrogens with zero attached hydrogens (tertiary/aromatic N) is 2. The van der Waals surface area contributed by atoms with Crippen molar-refractivity contribution >= 4 is 11.6 Å². The van der Waals surface area contributed by atoms with Gasteiger partial charge in [-0.15, -0.1) is 0 Å². The second-order valence-electron chi connectivity index (χ2n) is 4.57. The molecule has 1 saturated heterocycles. The van der Waals surface area contributed by atoms with E-state index in [-0.39, 0.29) is 24.3 Å². The molecule has 19 heavy (non-hydrogen) atoms. The second-order valence-corrected chi connectivity index (χ2v) is 4.57. The summed E-state index contributed by atoms with van der Waals surface area (Å²) in [5, 5.41) is 29.8. The van der Waals surface area contributed by atoms with Crippen molar-refractivity contribution in [2.75, 3.05) is 13.1 Å². The summed E-state index contributed by atoms with van der Waals surface area (Å²) in [5.74, 6) is -0.541. The highest BCUT2D eigenvalue weighted by Crippen LogP contribution is 2.25. The van der Waals surface area contributed by atoms with Crippen molar-refractivity contribution in [2.24, 2.45) is 0 Å². The molecule has 2 unspecified atom stereocenters. The number of rotatable bonds is 2. The molecule has 1 fully saturated rings. The molecule has 7 heteroatoms. The van der Waals surface area contributed by atoms with Crippen LogP contribution in [0.25, 0.3) is 0 Å². The molecule has 1 amide bonds. The number of amides is 1. The quantitative estimate of drug-likeness (QED) is 0.582. The highest BCUT2D eigenvalue weighted by Gasteiger charge is 2.35. The zero-order chi connectivity index (χ0) is 14.2. The fourth-order valence-electron chi connectivity index (χ4n) is 2.18. The Balaban J connectivity index is 2.37. The Morgan fingerprint density at radius 3 is 2.47 bits per heavy atom. The van der Waals surface area contributed by atoms with E-state index >= 15 is 0 Å². The average molecular weight is 266 g/mol. The lowest BCUT2D eigenvalue weighted by molar-refractivity contribution is -0.385. The molecule has 1 aliphatic heterocycles. The minimum atomic E-state index is -1.01. The van der Waals surface area contributed by atoms with Gasteiger partial charge >= 0.3 is 0 Å². The number of hydrogen-bond acceptors (Lipinski definition) is 5. The highest BCUT2D eigenvalue weighted by atomic mass is 16.6. The van der Waals surface area contributed by atoms with Crippen LogP contribution in [0, 0.1) is 17.0 Å². The van der Waals surface area contributed by atoms with Gasteiger partial charge in [0.1, 0.15) is 5.56 Å². The van der Waals surface area contributed by atoms with Gasteiger partial charge in [-0.2, -0.15) is 0 Å². The first-order chi connectivity index (χ1) is 8.91. The molecule has 102 valence electrons. The smallest absolute Gasteiger partial charge is 0.282 e. The largest absolute Gasteiger partial charge is 0.388 e. The Morgan fingerprint density at radius 2 is 1.95 bits per heavy atom. The standard InChI is InChI=1S/C12H14N2O5/c1-7-3-2-4-8(14(18)19)11(7)12(17)13-5-9(15)10(16)6-13/h2-4,9-10,15-16H,5-6H2,1H3. The number of carbonyl (C=O) groups is 1. The number of aliphatic hydroxyl groups excluding tert-OH is 2. The average Bonchev–Trinajstić information content (AvgIpc) is 2.68. The summed E-state index contributed by atoms with van der Waals surface area (Å²) < 4.78 is 0. The van der Waals surface area contributed by atoms with Crippen molar-refractivity contribution in [3.05, 3.63) is 39.4 Å². The van der Waals surface area contributed by atoms with Crippen molar-refractivity contribution in [1.82, 2.24) is 4.90 Å². The number of aliphatic hydroxyl groups is 2. The number of hydrogen-bond donors (Lipinski definition) is 2. The maximum Gasteiger partial charge on any atom is 0.282 e. The third-order valence-corrected chi connectivity index (χ3v) is 3.21. The first-order valence-electron chi connectivity index (χ1n) is 5.81. The normalized spacial score (nSPS) is 22.6. The minimum absolute atomic E-state index is 0.00815. The van der Waals surface area contributed by atoms with Crippen LogP contribution in [0.4, 0.5) is 5.69 Å². The van der Waals surface area contributed by atoms with Gasteiger partial charge < -0.3 is 15.1 Å². The zero-order valence-electron chi connectivity index (χ0n) is 10.3. The van der Waals surface area contributed by atoms with Gasteiger partial charge in [-0.3, -0.25) is 14.9 Å². The summed E-state index contributed by atoms with van der Waals surface area (Å²) in [6.07, 6.45) is -2.01. The number of likely N-dealkylation sites (tertiary alicyclic amines) is 1. The summed E-state index contributed by atoms with van der Waals surface area (Å²) in [4.78, 5) is 23.9. The number of β-amino-alcohol motifs (C(OH)–C–C–N with tert-alkyl or cyclic N) is 2. The van der Waals surface area contributed by atoms with Gasteiger partial charge in [-0.1, -0.05) is 12.1 Å². The van der Waals surface area contributed by atoms with Gasteiger partial charge in [0, 0.05) is 19.2 Å². The van der Waals surface area contributed by atoms with Gasteiger partial charge in [0.15, 0.2) is 0 Å². The summed E-state index contributed by atoms with van der Waals surface area (Å²) in [5.41, 5.74) is 0.241. The van der Waals surface area contributed by atoms with Crippen LogP contribution in [0.2, 0.25) is 0 Å². The monoisotopic (exact) mass is 266 g/mol. The van der Waals surface area contributed by atoms with Gasteiger partial charge in [0.05, 0.1) is 17.1 Å². The van der Waals surface area contributed by atoms with Gasteiger partial charge in [0.25, 0.3) is 11.6 Å². The molecule has 1 aliphatic rings. The third kappa shape index (κ3) is 2.42. The van der Waals surface area contributed by atoms with Crippen LogP contribution in [0.15, 0.2) is 18.2 Å². The predicted molar refractivity (Wildman–Crippen MR) is 65.8 cm³/mol. The minimum Gasteiger partial charge on any atom is -0.388 e. The summed E-state index contributed by atoms with van der Waals surface area (Å²) in [7, 11) is 0. The number of benzene rings is 1. The molecule has 0 spiro atoms. The van der Waals surface area contributed by atoms with Crippen molar-refractivity contribution in [3.63, 3.8) is 0 Å². The van der Waals surface area contributed by atoms with E-state index in [1.165, 1.54) is 17.0 Å². The molecule has 0 bridgehead atoms. The second kappa shape index (κ2) is 4.94. The van der Waals surface area contributed by atoms with E-state index in [0.29, 0.717) is 5.56 Å². The fraction of sp³-hybridized carbons (Fsp3) is 0.417. The predicted octanol–water partition coefficient (Wildman–Crippen LogP) is 0.0808. The Kier molecular flexibility index (Phi) is 3.50. The van der Waals surface area contributed by atoms with Crippen molar-refractivity contribution in [2.45, 2.75) is 19.1 Å². The van der Waals surface area contributed by atoms with E-state index in [1.54, 1.807) is 13.0 Å². The molecule has 0 radical (unpaired) electrons. The fourth-order valence-corrected chi connectivity index (χ4v) is 2.18. The molecule has 2 atom stereocenters. The Labute approximate surface area is 109 Å². The van der Waals surface area contributed by atoms with Crippen LogP contribution in [0.3, 0.4) is 0 Å². The lowest BCUT2D eigenvalue weighted by atomic mass is 10.1. The van der Waals surface area contributed by atoms with Crippen LogP contribution >= 0.6 is 0 Å².